The average Bonchev–Trinajstić information content (AvgIpc) is 2.69. The highest BCUT2D eigenvalue weighted by Crippen LogP contribution is 2.17. The Balaban J connectivity index is 1.51. The van der Waals surface area contributed by atoms with Gasteiger partial charge in [-0.25, -0.2) is 0 Å². The lowest BCUT2D eigenvalue weighted by molar-refractivity contribution is 0.0628. The van der Waals surface area contributed by atoms with Gasteiger partial charge in [0.1, 0.15) is 5.75 Å². The summed E-state index contributed by atoms with van der Waals surface area (Å²) in [5.74, 6) is 0.933. The van der Waals surface area contributed by atoms with Crippen molar-refractivity contribution in [1.82, 2.24) is 9.80 Å². The van der Waals surface area contributed by atoms with Crippen LogP contribution in [0.15, 0.2) is 54.6 Å². The van der Waals surface area contributed by atoms with Crippen LogP contribution in [0.2, 0.25) is 0 Å². The molecular weight excluding hydrogens is 324 g/mol. The highest BCUT2D eigenvalue weighted by molar-refractivity contribution is 5.94. The molecule has 0 radical (unpaired) electrons. The van der Waals surface area contributed by atoms with E-state index in [9.17, 15) is 4.79 Å². The molecule has 0 N–H and O–H groups in total. The SMILES string of the molecule is CCC(C)Oc1ccc(C(=O)N2CCN(Cc3ccccc3)CC2)cc1. The van der Waals surface area contributed by atoms with Crippen LogP contribution in [0.25, 0.3) is 0 Å². The quantitative estimate of drug-likeness (QED) is 0.792. The number of nitrogens with zero attached hydrogens (tertiary/aromatic N) is 2. The van der Waals surface area contributed by atoms with Crippen molar-refractivity contribution in [3.05, 3.63) is 65.7 Å². The standard InChI is InChI=1S/C22H28N2O2/c1-3-18(2)26-21-11-9-20(10-12-21)22(25)24-15-13-23(14-16-24)17-19-7-5-4-6-8-19/h4-12,18H,3,13-17H2,1-2H3. The van der Waals surface area contributed by atoms with Gasteiger partial charge >= 0.3 is 0 Å². The Morgan fingerprint density at radius 1 is 1.00 bits per heavy atom. The van der Waals surface area contributed by atoms with Gasteiger partial charge in [-0.15, -0.1) is 0 Å². The van der Waals surface area contributed by atoms with Crippen LogP contribution in [0.3, 0.4) is 0 Å². The van der Waals surface area contributed by atoms with Crippen molar-refractivity contribution >= 4 is 5.91 Å². The molecule has 1 heterocycles. The first-order valence-corrected chi connectivity index (χ1v) is 9.48. The Hall–Kier alpha value is -2.33. The summed E-state index contributed by atoms with van der Waals surface area (Å²) in [6.45, 7) is 8.47. The number of carbonyl (C=O) groups is 1. The maximum absolute atomic E-state index is 12.7. The molecule has 0 saturated carbocycles. The zero-order chi connectivity index (χ0) is 18.4. The van der Waals surface area contributed by atoms with E-state index >= 15 is 0 Å². The van der Waals surface area contributed by atoms with Crippen molar-refractivity contribution < 1.29 is 9.53 Å². The molecule has 0 aromatic heterocycles. The summed E-state index contributed by atoms with van der Waals surface area (Å²) in [5.41, 5.74) is 2.06. The van der Waals surface area contributed by atoms with Crippen molar-refractivity contribution in [2.24, 2.45) is 0 Å². The minimum Gasteiger partial charge on any atom is -0.491 e. The predicted octanol–water partition coefficient (Wildman–Crippen LogP) is 3.82. The molecule has 0 aliphatic carbocycles. The molecule has 1 aliphatic heterocycles. The van der Waals surface area contributed by atoms with E-state index in [2.05, 4.69) is 36.1 Å². The van der Waals surface area contributed by atoms with Crippen LogP contribution < -0.4 is 4.74 Å². The normalized spacial score (nSPS) is 16.3. The van der Waals surface area contributed by atoms with Gasteiger partial charge in [-0.3, -0.25) is 9.69 Å². The maximum atomic E-state index is 12.7. The fraction of sp³-hybridized carbons (Fsp3) is 0.409. The van der Waals surface area contributed by atoms with Gasteiger partial charge in [-0.1, -0.05) is 37.3 Å². The van der Waals surface area contributed by atoms with Crippen molar-refractivity contribution in [3.63, 3.8) is 0 Å². The van der Waals surface area contributed by atoms with E-state index in [1.807, 2.05) is 42.2 Å². The fourth-order valence-corrected chi connectivity index (χ4v) is 3.12. The summed E-state index contributed by atoms with van der Waals surface area (Å²) in [5, 5.41) is 0. The second kappa shape index (κ2) is 8.86. The molecule has 3 rings (SSSR count). The van der Waals surface area contributed by atoms with Crippen LogP contribution in [0.5, 0.6) is 5.75 Å². The summed E-state index contributed by atoms with van der Waals surface area (Å²) in [6.07, 6.45) is 1.16. The number of ether oxygens (including phenoxy) is 1. The largest absolute Gasteiger partial charge is 0.491 e. The zero-order valence-corrected chi connectivity index (χ0v) is 15.7. The van der Waals surface area contributed by atoms with Gasteiger partial charge in [0.25, 0.3) is 5.91 Å². The number of hydrogen-bond acceptors (Lipinski definition) is 3. The molecule has 138 valence electrons. The molecule has 1 unspecified atom stereocenters. The number of carbonyl (C=O) groups excluding carboxylic acids is 1. The van der Waals surface area contributed by atoms with Crippen LogP contribution >= 0.6 is 0 Å². The van der Waals surface area contributed by atoms with E-state index in [0.29, 0.717) is 0 Å². The summed E-state index contributed by atoms with van der Waals surface area (Å²) < 4.78 is 5.78. The van der Waals surface area contributed by atoms with Gasteiger partial charge in [0.05, 0.1) is 6.10 Å². The Kier molecular flexibility index (Phi) is 6.29. The molecule has 0 bridgehead atoms. The first-order chi connectivity index (χ1) is 12.7. The van der Waals surface area contributed by atoms with E-state index < -0.39 is 0 Å². The predicted molar refractivity (Wildman–Crippen MR) is 104 cm³/mol. The van der Waals surface area contributed by atoms with Gasteiger partial charge in [0, 0.05) is 38.3 Å². The lowest BCUT2D eigenvalue weighted by Gasteiger charge is -2.34. The molecule has 26 heavy (non-hydrogen) atoms. The first-order valence-electron chi connectivity index (χ1n) is 9.48. The van der Waals surface area contributed by atoms with E-state index in [1.165, 1.54) is 5.56 Å². The molecule has 2 aromatic carbocycles. The van der Waals surface area contributed by atoms with E-state index in [-0.39, 0.29) is 12.0 Å². The van der Waals surface area contributed by atoms with Gasteiger partial charge in [0.2, 0.25) is 0 Å². The summed E-state index contributed by atoms with van der Waals surface area (Å²) in [6, 6.07) is 18.0. The third kappa shape index (κ3) is 4.85. The van der Waals surface area contributed by atoms with E-state index in [4.69, 9.17) is 4.74 Å². The van der Waals surface area contributed by atoms with Crippen LogP contribution in [0, 0.1) is 0 Å². The Morgan fingerprint density at radius 2 is 1.65 bits per heavy atom. The number of benzene rings is 2. The van der Waals surface area contributed by atoms with Crippen molar-refractivity contribution in [2.75, 3.05) is 26.2 Å². The summed E-state index contributed by atoms with van der Waals surface area (Å²) in [4.78, 5) is 17.1. The van der Waals surface area contributed by atoms with Crippen LogP contribution in [0.4, 0.5) is 0 Å². The molecule has 2 aromatic rings. The van der Waals surface area contributed by atoms with Crippen molar-refractivity contribution in [1.29, 1.82) is 0 Å². The molecule has 1 amide bonds. The second-order valence-electron chi connectivity index (χ2n) is 6.92. The fourth-order valence-electron chi connectivity index (χ4n) is 3.12. The number of rotatable bonds is 6. The monoisotopic (exact) mass is 352 g/mol. The molecule has 1 atom stereocenters. The van der Waals surface area contributed by atoms with Crippen molar-refractivity contribution in [3.8, 4) is 5.75 Å². The van der Waals surface area contributed by atoms with Gasteiger partial charge in [-0.2, -0.15) is 0 Å². The topological polar surface area (TPSA) is 32.8 Å². The Morgan fingerprint density at radius 3 is 2.27 bits per heavy atom. The van der Waals surface area contributed by atoms with Crippen molar-refractivity contribution in [2.45, 2.75) is 32.9 Å². The molecule has 4 nitrogen and oxygen atoms in total. The van der Waals surface area contributed by atoms with Crippen LogP contribution in [-0.4, -0.2) is 48.0 Å². The highest BCUT2D eigenvalue weighted by atomic mass is 16.5. The highest BCUT2D eigenvalue weighted by Gasteiger charge is 2.22. The lowest BCUT2D eigenvalue weighted by atomic mass is 10.1. The van der Waals surface area contributed by atoms with Crippen LogP contribution in [-0.2, 0) is 6.54 Å². The number of amides is 1. The molecule has 1 saturated heterocycles. The summed E-state index contributed by atoms with van der Waals surface area (Å²) in [7, 11) is 0. The Labute approximate surface area is 156 Å². The molecule has 4 heteroatoms. The van der Waals surface area contributed by atoms with Gasteiger partial charge < -0.3 is 9.64 Å². The number of hydrogen-bond donors (Lipinski definition) is 0. The van der Waals surface area contributed by atoms with Crippen LogP contribution in [0.1, 0.15) is 36.2 Å². The molecule has 1 fully saturated rings. The molecular formula is C22H28N2O2. The third-order valence-electron chi connectivity index (χ3n) is 4.92. The van der Waals surface area contributed by atoms with Gasteiger partial charge in [0.15, 0.2) is 0 Å². The third-order valence-corrected chi connectivity index (χ3v) is 4.92. The molecule has 0 spiro atoms. The lowest BCUT2D eigenvalue weighted by Crippen LogP contribution is -2.48. The minimum atomic E-state index is 0.111. The first kappa shape index (κ1) is 18.5. The average molecular weight is 352 g/mol. The van der Waals surface area contributed by atoms with E-state index in [1.54, 1.807) is 0 Å². The smallest absolute Gasteiger partial charge is 0.253 e. The van der Waals surface area contributed by atoms with Gasteiger partial charge in [-0.05, 0) is 43.2 Å². The zero-order valence-electron chi connectivity index (χ0n) is 15.7. The number of piperazine rings is 1. The second-order valence-corrected chi connectivity index (χ2v) is 6.92. The minimum absolute atomic E-state index is 0.111. The molecule has 1 aliphatic rings. The summed E-state index contributed by atoms with van der Waals surface area (Å²) >= 11 is 0. The Bertz CT molecular complexity index is 692. The maximum Gasteiger partial charge on any atom is 0.253 e. The van der Waals surface area contributed by atoms with E-state index in [0.717, 1.165) is 50.5 Å².